The van der Waals surface area contributed by atoms with Crippen LogP contribution in [-0.4, -0.2) is 57.2 Å². The number of amides is 1. The van der Waals surface area contributed by atoms with Crippen LogP contribution in [0.2, 0.25) is 0 Å². The van der Waals surface area contributed by atoms with Gasteiger partial charge < -0.3 is 24.4 Å². The number of esters is 1. The summed E-state index contributed by atoms with van der Waals surface area (Å²) in [5.41, 5.74) is 0.634. The van der Waals surface area contributed by atoms with Crippen LogP contribution >= 0.6 is 0 Å². The third kappa shape index (κ3) is 5.91. The first-order chi connectivity index (χ1) is 12.5. The number of anilines is 1. The van der Waals surface area contributed by atoms with E-state index in [0.717, 1.165) is 19.4 Å². The Kier molecular flexibility index (Phi) is 7.72. The third-order valence-electron chi connectivity index (χ3n) is 4.42. The van der Waals surface area contributed by atoms with Crippen LogP contribution < -0.4 is 14.8 Å². The number of carbonyl (C=O) groups excluding carboxylic acids is 2. The molecule has 1 aromatic rings. The fourth-order valence-electron chi connectivity index (χ4n) is 3.07. The number of rotatable bonds is 8. The van der Waals surface area contributed by atoms with Crippen molar-refractivity contribution in [2.45, 2.75) is 26.2 Å². The van der Waals surface area contributed by atoms with Crippen LogP contribution in [0.5, 0.6) is 11.5 Å². The molecule has 1 amide bonds. The molecule has 0 aromatic heterocycles. The van der Waals surface area contributed by atoms with E-state index in [1.807, 2.05) is 6.92 Å². The van der Waals surface area contributed by atoms with Crippen LogP contribution in [-0.2, 0) is 14.3 Å². The molecule has 1 N–H and O–H groups in total. The minimum atomic E-state index is -0.134. The molecule has 0 aliphatic carbocycles. The quantitative estimate of drug-likeness (QED) is 0.714. The highest BCUT2D eigenvalue weighted by atomic mass is 16.5. The summed E-state index contributed by atoms with van der Waals surface area (Å²) in [6, 6.07) is 5.25. The van der Waals surface area contributed by atoms with Gasteiger partial charge in [0, 0.05) is 43.4 Å². The predicted octanol–water partition coefficient (Wildman–Crippen LogP) is 2.31. The van der Waals surface area contributed by atoms with Crippen LogP contribution in [0, 0.1) is 5.92 Å². The standard InChI is InChI=1S/C19H28N2O5/c1-4-26-19(23)14-6-5-8-21(13-14)9-7-18(22)20-15-10-16(24-2)12-17(11-15)25-3/h10-12,14H,4-9,13H2,1-3H3,(H,20,22)/t14-/m0/s1. The van der Waals surface area contributed by atoms with Crippen molar-refractivity contribution in [3.05, 3.63) is 18.2 Å². The van der Waals surface area contributed by atoms with Crippen LogP contribution in [0.15, 0.2) is 18.2 Å². The van der Waals surface area contributed by atoms with Gasteiger partial charge in [0.2, 0.25) is 5.91 Å². The van der Waals surface area contributed by atoms with Gasteiger partial charge >= 0.3 is 5.97 Å². The Labute approximate surface area is 154 Å². The lowest BCUT2D eigenvalue weighted by atomic mass is 9.98. The highest BCUT2D eigenvalue weighted by Crippen LogP contribution is 2.26. The molecule has 7 heteroatoms. The van der Waals surface area contributed by atoms with E-state index in [2.05, 4.69) is 10.2 Å². The van der Waals surface area contributed by atoms with Gasteiger partial charge in [-0.1, -0.05) is 0 Å². The molecule has 0 bridgehead atoms. The number of nitrogens with zero attached hydrogens (tertiary/aromatic N) is 1. The van der Waals surface area contributed by atoms with Gasteiger partial charge in [-0.15, -0.1) is 0 Å². The van der Waals surface area contributed by atoms with Crippen molar-refractivity contribution in [2.75, 3.05) is 45.8 Å². The van der Waals surface area contributed by atoms with Gasteiger partial charge in [0.25, 0.3) is 0 Å². The van der Waals surface area contributed by atoms with E-state index in [1.165, 1.54) is 0 Å². The van der Waals surface area contributed by atoms with Crippen molar-refractivity contribution >= 4 is 17.6 Å². The number of likely N-dealkylation sites (tertiary alicyclic amines) is 1. The minimum absolute atomic E-state index is 0.0847. The third-order valence-corrected chi connectivity index (χ3v) is 4.42. The van der Waals surface area contributed by atoms with Crippen LogP contribution in [0.4, 0.5) is 5.69 Å². The maximum atomic E-state index is 12.3. The molecule has 1 aliphatic heterocycles. The first kappa shape index (κ1) is 20.0. The Bertz CT molecular complexity index is 598. The number of methoxy groups -OCH3 is 2. The van der Waals surface area contributed by atoms with Gasteiger partial charge in [0.1, 0.15) is 11.5 Å². The second-order valence-corrected chi connectivity index (χ2v) is 6.29. The topological polar surface area (TPSA) is 77.1 Å². The molecule has 2 rings (SSSR count). The molecular formula is C19H28N2O5. The first-order valence-corrected chi connectivity index (χ1v) is 8.97. The summed E-state index contributed by atoms with van der Waals surface area (Å²) >= 11 is 0. The summed E-state index contributed by atoms with van der Waals surface area (Å²) in [7, 11) is 3.13. The summed E-state index contributed by atoms with van der Waals surface area (Å²) in [6.07, 6.45) is 2.15. The van der Waals surface area contributed by atoms with Crippen LogP contribution in [0.3, 0.4) is 0 Å². The van der Waals surface area contributed by atoms with Crippen LogP contribution in [0.25, 0.3) is 0 Å². The maximum absolute atomic E-state index is 12.3. The van der Waals surface area contributed by atoms with Gasteiger partial charge in [-0.05, 0) is 26.3 Å². The van der Waals surface area contributed by atoms with E-state index < -0.39 is 0 Å². The van der Waals surface area contributed by atoms with Crippen molar-refractivity contribution in [3.63, 3.8) is 0 Å². The SMILES string of the molecule is CCOC(=O)[C@H]1CCCN(CCC(=O)Nc2cc(OC)cc(OC)c2)C1. The number of hydrogen-bond donors (Lipinski definition) is 1. The second-order valence-electron chi connectivity index (χ2n) is 6.29. The van der Waals surface area contributed by atoms with Crippen molar-refractivity contribution in [3.8, 4) is 11.5 Å². The zero-order valence-electron chi connectivity index (χ0n) is 15.7. The Balaban J connectivity index is 1.84. The Morgan fingerprint density at radius 1 is 1.19 bits per heavy atom. The van der Waals surface area contributed by atoms with Gasteiger partial charge in [-0.3, -0.25) is 9.59 Å². The lowest BCUT2D eigenvalue weighted by Gasteiger charge is -2.31. The van der Waals surface area contributed by atoms with Gasteiger partial charge in [0.05, 0.1) is 26.7 Å². The second kappa shape index (κ2) is 10.0. The molecule has 7 nitrogen and oxygen atoms in total. The summed E-state index contributed by atoms with van der Waals surface area (Å²) < 4.78 is 15.5. The Morgan fingerprint density at radius 3 is 2.50 bits per heavy atom. The van der Waals surface area contributed by atoms with Crippen molar-refractivity contribution in [2.24, 2.45) is 5.92 Å². The molecule has 1 aromatic carbocycles. The van der Waals surface area contributed by atoms with Crippen molar-refractivity contribution in [1.82, 2.24) is 4.90 Å². The number of ether oxygens (including phenoxy) is 3. The summed E-state index contributed by atoms with van der Waals surface area (Å²) in [5.74, 6) is 0.930. The molecule has 144 valence electrons. The van der Waals surface area contributed by atoms with E-state index in [-0.39, 0.29) is 17.8 Å². The average molecular weight is 364 g/mol. The average Bonchev–Trinajstić information content (AvgIpc) is 2.66. The molecule has 0 saturated carbocycles. The molecule has 1 saturated heterocycles. The van der Waals surface area contributed by atoms with Crippen LogP contribution in [0.1, 0.15) is 26.2 Å². The molecule has 26 heavy (non-hydrogen) atoms. The largest absolute Gasteiger partial charge is 0.497 e. The minimum Gasteiger partial charge on any atom is -0.497 e. The fourth-order valence-corrected chi connectivity index (χ4v) is 3.07. The van der Waals surface area contributed by atoms with Gasteiger partial charge in [-0.2, -0.15) is 0 Å². The highest BCUT2D eigenvalue weighted by Gasteiger charge is 2.26. The molecular weight excluding hydrogens is 336 g/mol. The number of nitrogens with one attached hydrogen (secondary N) is 1. The van der Waals surface area contributed by atoms with E-state index in [0.29, 0.717) is 43.3 Å². The highest BCUT2D eigenvalue weighted by molar-refractivity contribution is 5.91. The molecule has 1 atom stereocenters. The molecule has 1 heterocycles. The van der Waals surface area contributed by atoms with Crippen molar-refractivity contribution in [1.29, 1.82) is 0 Å². The predicted molar refractivity (Wildman–Crippen MR) is 98.6 cm³/mol. The first-order valence-electron chi connectivity index (χ1n) is 8.97. The van der Waals surface area contributed by atoms with E-state index in [4.69, 9.17) is 14.2 Å². The Morgan fingerprint density at radius 2 is 1.88 bits per heavy atom. The molecule has 1 fully saturated rings. The maximum Gasteiger partial charge on any atom is 0.310 e. The lowest BCUT2D eigenvalue weighted by molar-refractivity contribution is -0.149. The lowest BCUT2D eigenvalue weighted by Crippen LogP contribution is -2.40. The van der Waals surface area contributed by atoms with E-state index in [9.17, 15) is 9.59 Å². The fraction of sp³-hybridized carbons (Fsp3) is 0.579. The monoisotopic (exact) mass is 364 g/mol. The number of carbonyl (C=O) groups is 2. The molecule has 0 spiro atoms. The smallest absolute Gasteiger partial charge is 0.310 e. The van der Waals surface area contributed by atoms with Gasteiger partial charge in [0.15, 0.2) is 0 Å². The van der Waals surface area contributed by atoms with Gasteiger partial charge in [-0.25, -0.2) is 0 Å². The van der Waals surface area contributed by atoms with E-state index in [1.54, 1.807) is 32.4 Å². The summed E-state index contributed by atoms with van der Waals surface area (Å²) in [6.45, 7) is 4.39. The summed E-state index contributed by atoms with van der Waals surface area (Å²) in [4.78, 5) is 26.3. The molecule has 0 unspecified atom stereocenters. The zero-order valence-corrected chi connectivity index (χ0v) is 15.7. The van der Waals surface area contributed by atoms with Crippen molar-refractivity contribution < 1.29 is 23.8 Å². The molecule has 0 radical (unpaired) electrons. The number of benzene rings is 1. The number of piperidine rings is 1. The normalized spacial score (nSPS) is 17.4. The number of hydrogen-bond acceptors (Lipinski definition) is 6. The zero-order chi connectivity index (χ0) is 18.9. The summed E-state index contributed by atoms with van der Waals surface area (Å²) in [5, 5.41) is 2.87. The van der Waals surface area contributed by atoms with E-state index >= 15 is 0 Å². The molecule has 1 aliphatic rings. The Hall–Kier alpha value is -2.28.